The maximum absolute atomic E-state index is 13.1. The molecule has 0 spiro atoms. The van der Waals surface area contributed by atoms with Crippen molar-refractivity contribution in [2.75, 3.05) is 26.3 Å². The summed E-state index contributed by atoms with van der Waals surface area (Å²) in [5.74, 6) is -0.102. The Kier molecular flexibility index (Phi) is 6.11. The van der Waals surface area contributed by atoms with Crippen molar-refractivity contribution in [2.24, 2.45) is 0 Å². The smallest absolute Gasteiger partial charge is 0.246 e. The number of ketones is 1. The van der Waals surface area contributed by atoms with E-state index in [9.17, 15) is 13.2 Å². The van der Waals surface area contributed by atoms with Crippen molar-refractivity contribution in [1.29, 1.82) is 0 Å². The van der Waals surface area contributed by atoms with Crippen LogP contribution < -0.4 is 0 Å². The number of Topliss-reactive ketones (excluding diaryl/α,β-unsaturated/α-hetero) is 1. The van der Waals surface area contributed by atoms with Crippen molar-refractivity contribution in [1.82, 2.24) is 18.7 Å². The zero-order valence-electron chi connectivity index (χ0n) is 17.4. The fourth-order valence-electron chi connectivity index (χ4n) is 3.84. The maximum Gasteiger partial charge on any atom is 0.246 e. The number of aryl methyl sites for hydroxylation is 2. The molecule has 3 rings (SSSR count). The second kappa shape index (κ2) is 8.25. The highest BCUT2D eigenvalue weighted by Crippen LogP contribution is 2.25. The van der Waals surface area contributed by atoms with Crippen LogP contribution in [-0.2, 0) is 27.8 Å². The van der Waals surface area contributed by atoms with Crippen LogP contribution in [0.5, 0.6) is 0 Å². The van der Waals surface area contributed by atoms with Gasteiger partial charge in [0.15, 0.2) is 5.78 Å². The van der Waals surface area contributed by atoms with Crippen LogP contribution >= 0.6 is 0 Å². The minimum atomic E-state index is -3.68. The molecule has 0 atom stereocenters. The molecule has 8 nitrogen and oxygen atoms in total. The van der Waals surface area contributed by atoms with Gasteiger partial charge < -0.3 is 9.30 Å². The van der Waals surface area contributed by atoms with Gasteiger partial charge in [0, 0.05) is 36.6 Å². The topological polar surface area (TPSA) is 86.4 Å². The predicted octanol–water partition coefficient (Wildman–Crippen LogP) is 2.01. The Balaban J connectivity index is 1.90. The molecule has 1 aliphatic heterocycles. The van der Waals surface area contributed by atoms with Crippen molar-refractivity contribution in [3.8, 4) is 0 Å². The molecule has 1 fully saturated rings. The number of hydrogen-bond donors (Lipinski definition) is 0. The summed E-state index contributed by atoms with van der Waals surface area (Å²) in [4.78, 5) is 13.1. The zero-order chi connectivity index (χ0) is 21.3. The summed E-state index contributed by atoms with van der Waals surface area (Å²) in [6.45, 7) is 13.0. The summed E-state index contributed by atoms with van der Waals surface area (Å²) >= 11 is 0. The SMILES string of the molecule is C=CCn1c(C)cc(C(=O)Cn2nc(C)c(S(=O)(=O)N3CCOCC3)c2C)c1C. The molecular weight excluding hydrogens is 392 g/mol. The lowest BCUT2D eigenvalue weighted by Gasteiger charge is -2.26. The van der Waals surface area contributed by atoms with E-state index in [1.165, 1.54) is 8.99 Å². The van der Waals surface area contributed by atoms with Gasteiger partial charge in [-0.3, -0.25) is 9.48 Å². The number of ether oxygens (including phenoxy) is 1. The van der Waals surface area contributed by atoms with E-state index < -0.39 is 10.0 Å². The second-order valence-electron chi connectivity index (χ2n) is 7.28. The fourth-order valence-corrected chi connectivity index (χ4v) is 5.62. The summed E-state index contributed by atoms with van der Waals surface area (Å²) < 4.78 is 36.4. The first-order valence-corrected chi connectivity index (χ1v) is 11.0. The maximum atomic E-state index is 13.1. The number of aromatic nitrogens is 3. The van der Waals surface area contributed by atoms with Gasteiger partial charge in [-0.15, -0.1) is 6.58 Å². The predicted molar refractivity (Wildman–Crippen MR) is 110 cm³/mol. The van der Waals surface area contributed by atoms with Crippen LogP contribution in [0.2, 0.25) is 0 Å². The van der Waals surface area contributed by atoms with E-state index in [0.717, 1.165) is 11.4 Å². The van der Waals surface area contributed by atoms with Crippen molar-refractivity contribution in [3.63, 3.8) is 0 Å². The molecule has 0 aromatic carbocycles. The molecule has 0 saturated carbocycles. The van der Waals surface area contributed by atoms with E-state index in [4.69, 9.17) is 4.74 Å². The quantitative estimate of drug-likeness (QED) is 0.505. The Labute approximate surface area is 171 Å². The van der Waals surface area contributed by atoms with E-state index >= 15 is 0 Å². The molecule has 29 heavy (non-hydrogen) atoms. The molecular formula is C20H28N4O4S. The van der Waals surface area contributed by atoms with E-state index in [0.29, 0.717) is 49.8 Å². The summed E-state index contributed by atoms with van der Waals surface area (Å²) in [5.41, 5.74) is 3.35. The third-order valence-electron chi connectivity index (χ3n) is 5.36. The van der Waals surface area contributed by atoms with E-state index in [2.05, 4.69) is 11.7 Å². The summed E-state index contributed by atoms with van der Waals surface area (Å²) in [5, 5.41) is 4.37. The Bertz CT molecular complexity index is 1040. The average molecular weight is 421 g/mol. The number of sulfonamides is 1. The van der Waals surface area contributed by atoms with Gasteiger partial charge in [0.05, 0.1) is 24.6 Å². The van der Waals surface area contributed by atoms with Crippen molar-refractivity contribution >= 4 is 15.8 Å². The lowest BCUT2D eigenvalue weighted by molar-refractivity contribution is 0.0730. The lowest BCUT2D eigenvalue weighted by atomic mass is 10.1. The van der Waals surface area contributed by atoms with Crippen LogP contribution in [0.1, 0.15) is 33.1 Å². The second-order valence-corrected chi connectivity index (χ2v) is 9.16. The Morgan fingerprint density at radius 1 is 1.21 bits per heavy atom. The minimum Gasteiger partial charge on any atom is -0.379 e. The van der Waals surface area contributed by atoms with Crippen LogP contribution in [0.4, 0.5) is 0 Å². The molecule has 0 N–H and O–H groups in total. The fraction of sp³-hybridized carbons (Fsp3) is 0.500. The van der Waals surface area contributed by atoms with Crippen molar-refractivity contribution in [2.45, 2.75) is 45.7 Å². The first kappa shape index (κ1) is 21.5. The average Bonchev–Trinajstić information content (AvgIpc) is 3.12. The van der Waals surface area contributed by atoms with Crippen LogP contribution in [-0.4, -0.2) is 59.2 Å². The Morgan fingerprint density at radius 3 is 2.48 bits per heavy atom. The number of allylic oxidation sites excluding steroid dienone is 1. The molecule has 0 aliphatic carbocycles. The molecule has 0 amide bonds. The van der Waals surface area contributed by atoms with Gasteiger partial charge in [-0.05, 0) is 33.8 Å². The number of rotatable bonds is 7. The van der Waals surface area contributed by atoms with Gasteiger partial charge in [-0.25, -0.2) is 8.42 Å². The van der Waals surface area contributed by atoms with Gasteiger partial charge in [0.25, 0.3) is 0 Å². The van der Waals surface area contributed by atoms with Crippen LogP contribution in [0.15, 0.2) is 23.6 Å². The number of nitrogens with zero attached hydrogens (tertiary/aromatic N) is 4. The minimum absolute atomic E-state index is 0.0102. The molecule has 9 heteroatoms. The molecule has 2 aromatic heterocycles. The monoisotopic (exact) mass is 420 g/mol. The highest BCUT2D eigenvalue weighted by Gasteiger charge is 2.32. The van der Waals surface area contributed by atoms with Crippen LogP contribution in [0.3, 0.4) is 0 Å². The Morgan fingerprint density at radius 2 is 1.86 bits per heavy atom. The summed E-state index contributed by atoms with van der Waals surface area (Å²) in [7, 11) is -3.68. The molecule has 3 heterocycles. The largest absolute Gasteiger partial charge is 0.379 e. The highest BCUT2D eigenvalue weighted by molar-refractivity contribution is 7.89. The third kappa shape index (κ3) is 3.94. The number of morpholine rings is 1. The normalized spacial score (nSPS) is 15.6. The van der Waals surface area contributed by atoms with E-state index in [1.807, 2.05) is 24.5 Å². The van der Waals surface area contributed by atoms with Gasteiger partial charge >= 0.3 is 0 Å². The Hall–Kier alpha value is -2.23. The molecule has 1 aliphatic rings. The van der Waals surface area contributed by atoms with E-state index in [1.54, 1.807) is 19.9 Å². The number of carbonyl (C=O) groups excluding carboxylic acids is 1. The molecule has 158 valence electrons. The van der Waals surface area contributed by atoms with Crippen LogP contribution in [0.25, 0.3) is 0 Å². The summed E-state index contributed by atoms with van der Waals surface area (Å²) in [6.07, 6.45) is 1.79. The summed E-state index contributed by atoms with van der Waals surface area (Å²) in [6, 6.07) is 1.86. The number of carbonyl (C=O) groups is 1. The van der Waals surface area contributed by atoms with Gasteiger partial charge in [-0.2, -0.15) is 9.40 Å². The lowest BCUT2D eigenvalue weighted by Crippen LogP contribution is -2.41. The van der Waals surface area contributed by atoms with Gasteiger partial charge in [0.2, 0.25) is 10.0 Å². The van der Waals surface area contributed by atoms with Gasteiger partial charge in [-0.1, -0.05) is 6.08 Å². The van der Waals surface area contributed by atoms with Crippen LogP contribution in [0, 0.1) is 27.7 Å². The number of hydrogen-bond acceptors (Lipinski definition) is 5. The standard InChI is InChI=1S/C20H28N4O4S/c1-6-7-23-14(2)12-18(16(23)4)19(25)13-24-17(5)20(15(3)21-24)29(26,27)22-8-10-28-11-9-22/h6,12H,1,7-11,13H2,2-5H3. The highest BCUT2D eigenvalue weighted by atomic mass is 32.2. The van der Waals surface area contributed by atoms with Gasteiger partial charge in [0.1, 0.15) is 11.4 Å². The zero-order valence-corrected chi connectivity index (χ0v) is 18.3. The molecule has 0 radical (unpaired) electrons. The van der Waals surface area contributed by atoms with E-state index in [-0.39, 0.29) is 17.2 Å². The molecule has 1 saturated heterocycles. The van der Waals surface area contributed by atoms with Crippen molar-refractivity contribution < 1.29 is 17.9 Å². The first-order valence-electron chi connectivity index (χ1n) is 9.61. The first-order chi connectivity index (χ1) is 13.7. The molecule has 2 aromatic rings. The third-order valence-corrected chi connectivity index (χ3v) is 7.51. The van der Waals surface area contributed by atoms with Crippen molar-refractivity contribution in [3.05, 3.63) is 47.1 Å². The molecule has 0 unspecified atom stereocenters. The molecule has 0 bridgehead atoms.